The van der Waals surface area contributed by atoms with E-state index in [2.05, 4.69) is 28.8 Å². The minimum atomic E-state index is -0.356. The molecule has 4 heteroatoms. The van der Waals surface area contributed by atoms with Gasteiger partial charge in [-0.25, -0.2) is 10.2 Å². The number of benzene rings is 2. The quantitative estimate of drug-likeness (QED) is 0.651. The predicted molar refractivity (Wildman–Crippen MR) is 86.7 cm³/mol. The summed E-state index contributed by atoms with van der Waals surface area (Å²) >= 11 is 0. The van der Waals surface area contributed by atoms with Crippen molar-refractivity contribution in [3.05, 3.63) is 65.2 Å². The van der Waals surface area contributed by atoms with Gasteiger partial charge in [0, 0.05) is 11.3 Å². The third-order valence-electron chi connectivity index (χ3n) is 3.13. The molecule has 0 aromatic heterocycles. The highest BCUT2D eigenvalue weighted by molar-refractivity contribution is 6.01. The lowest BCUT2D eigenvalue weighted by Gasteiger charge is -2.08. The summed E-state index contributed by atoms with van der Waals surface area (Å²) in [5.74, 6) is 0. The molecule has 108 valence electrons. The van der Waals surface area contributed by atoms with Gasteiger partial charge in [-0.15, -0.1) is 0 Å². The van der Waals surface area contributed by atoms with Gasteiger partial charge in [0.25, 0.3) is 0 Å². The molecule has 0 heterocycles. The largest absolute Gasteiger partial charge is 0.339 e. The van der Waals surface area contributed by atoms with Crippen LogP contribution >= 0.6 is 0 Å². The average Bonchev–Trinajstić information content (AvgIpc) is 2.46. The molecular formula is C17H19N3O. The zero-order valence-electron chi connectivity index (χ0n) is 12.5. The number of hydrogen-bond donors (Lipinski definition) is 2. The van der Waals surface area contributed by atoms with Crippen LogP contribution < -0.4 is 10.7 Å². The van der Waals surface area contributed by atoms with Crippen LogP contribution in [0, 0.1) is 13.8 Å². The zero-order chi connectivity index (χ0) is 15.2. The molecule has 0 radical (unpaired) electrons. The summed E-state index contributed by atoms with van der Waals surface area (Å²) in [5.41, 5.74) is 7.39. The number of amides is 2. The Balaban J connectivity index is 2.01. The van der Waals surface area contributed by atoms with Crippen molar-refractivity contribution in [1.29, 1.82) is 0 Å². The minimum Gasteiger partial charge on any atom is -0.307 e. The lowest BCUT2D eigenvalue weighted by atomic mass is 10.0. The molecule has 0 aliphatic heterocycles. The van der Waals surface area contributed by atoms with Crippen molar-refractivity contribution in [2.24, 2.45) is 5.10 Å². The van der Waals surface area contributed by atoms with Crippen LogP contribution in [0.15, 0.2) is 53.6 Å². The number of urea groups is 1. The fraction of sp³-hybridized carbons (Fsp3) is 0.176. The smallest absolute Gasteiger partial charge is 0.307 e. The number of hydrogen-bond acceptors (Lipinski definition) is 2. The first-order chi connectivity index (χ1) is 10.1. The Morgan fingerprint density at radius 3 is 2.43 bits per heavy atom. The Hall–Kier alpha value is -2.62. The number of carbonyl (C=O) groups is 1. The highest BCUT2D eigenvalue weighted by Crippen LogP contribution is 2.11. The maximum atomic E-state index is 11.8. The van der Waals surface area contributed by atoms with Gasteiger partial charge in [0.05, 0.1) is 5.71 Å². The molecule has 0 unspecified atom stereocenters. The fourth-order valence-electron chi connectivity index (χ4n) is 2.09. The molecule has 0 aliphatic rings. The molecule has 2 N–H and O–H groups in total. The van der Waals surface area contributed by atoms with E-state index >= 15 is 0 Å². The van der Waals surface area contributed by atoms with Gasteiger partial charge in [0.1, 0.15) is 0 Å². The van der Waals surface area contributed by atoms with Crippen LogP contribution in [-0.4, -0.2) is 11.7 Å². The molecule has 2 aromatic carbocycles. The normalized spacial score (nSPS) is 11.1. The third kappa shape index (κ3) is 4.18. The number of nitrogens with zero attached hydrogens (tertiary/aromatic N) is 1. The second-order valence-electron chi connectivity index (χ2n) is 4.95. The molecule has 2 rings (SSSR count). The molecule has 0 aliphatic carbocycles. The van der Waals surface area contributed by atoms with Crippen LogP contribution in [0.2, 0.25) is 0 Å². The number of para-hydroxylation sites is 1. The van der Waals surface area contributed by atoms with E-state index in [1.165, 1.54) is 5.56 Å². The molecule has 0 spiro atoms. The van der Waals surface area contributed by atoms with Gasteiger partial charge in [-0.2, -0.15) is 5.10 Å². The summed E-state index contributed by atoms with van der Waals surface area (Å²) in [7, 11) is 0. The van der Waals surface area contributed by atoms with Crippen molar-refractivity contribution < 1.29 is 4.79 Å². The summed E-state index contributed by atoms with van der Waals surface area (Å²) in [4.78, 5) is 11.8. The number of aryl methyl sites for hydroxylation is 2. The second kappa shape index (κ2) is 6.70. The SMILES string of the molecule is C/C(=N/NC(=O)Nc1ccccc1)c1ccc(C)cc1C. The molecule has 0 saturated heterocycles. The van der Waals surface area contributed by atoms with Crippen molar-refractivity contribution >= 4 is 17.4 Å². The maximum absolute atomic E-state index is 11.8. The second-order valence-corrected chi connectivity index (χ2v) is 4.95. The van der Waals surface area contributed by atoms with Gasteiger partial charge in [-0.3, -0.25) is 0 Å². The first-order valence-corrected chi connectivity index (χ1v) is 6.80. The molecule has 4 nitrogen and oxygen atoms in total. The van der Waals surface area contributed by atoms with E-state index in [9.17, 15) is 4.79 Å². The molecule has 0 bridgehead atoms. The minimum absolute atomic E-state index is 0.356. The first kappa shape index (κ1) is 14.8. The van der Waals surface area contributed by atoms with E-state index in [1.54, 1.807) is 0 Å². The van der Waals surface area contributed by atoms with E-state index in [1.807, 2.05) is 56.3 Å². The Labute approximate surface area is 124 Å². The van der Waals surface area contributed by atoms with Crippen molar-refractivity contribution in [2.45, 2.75) is 20.8 Å². The summed E-state index contributed by atoms with van der Waals surface area (Å²) in [6, 6.07) is 15.0. The highest BCUT2D eigenvalue weighted by Gasteiger charge is 2.04. The third-order valence-corrected chi connectivity index (χ3v) is 3.13. The first-order valence-electron chi connectivity index (χ1n) is 6.80. The molecule has 0 fully saturated rings. The van der Waals surface area contributed by atoms with E-state index < -0.39 is 0 Å². The van der Waals surface area contributed by atoms with Gasteiger partial charge < -0.3 is 5.32 Å². The Kier molecular flexibility index (Phi) is 4.72. The number of carbonyl (C=O) groups excluding carboxylic acids is 1. The van der Waals surface area contributed by atoms with E-state index in [0.717, 1.165) is 22.5 Å². The van der Waals surface area contributed by atoms with Gasteiger partial charge >= 0.3 is 6.03 Å². The fourth-order valence-corrected chi connectivity index (χ4v) is 2.09. The van der Waals surface area contributed by atoms with E-state index in [4.69, 9.17) is 0 Å². The van der Waals surface area contributed by atoms with Gasteiger partial charge in [-0.1, -0.05) is 42.0 Å². The average molecular weight is 281 g/mol. The Morgan fingerprint density at radius 1 is 1.05 bits per heavy atom. The van der Waals surface area contributed by atoms with Crippen LogP contribution in [0.4, 0.5) is 10.5 Å². The summed E-state index contributed by atoms with van der Waals surface area (Å²) in [6.07, 6.45) is 0. The van der Waals surface area contributed by atoms with E-state index in [0.29, 0.717) is 0 Å². The summed E-state index contributed by atoms with van der Waals surface area (Å²) in [5, 5.41) is 6.85. The molecule has 2 amide bonds. The Bertz CT molecular complexity index is 663. The number of nitrogens with one attached hydrogen (secondary N) is 2. The van der Waals surface area contributed by atoms with Crippen molar-refractivity contribution in [1.82, 2.24) is 5.43 Å². The molecule has 21 heavy (non-hydrogen) atoms. The topological polar surface area (TPSA) is 53.5 Å². The molecular weight excluding hydrogens is 262 g/mol. The number of rotatable bonds is 3. The highest BCUT2D eigenvalue weighted by atomic mass is 16.2. The van der Waals surface area contributed by atoms with E-state index in [-0.39, 0.29) is 6.03 Å². The monoisotopic (exact) mass is 281 g/mol. The maximum Gasteiger partial charge on any atom is 0.339 e. The van der Waals surface area contributed by atoms with Gasteiger partial charge in [0.15, 0.2) is 0 Å². The standard InChI is InChI=1S/C17H19N3O/c1-12-9-10-16(13(2)11-12)14(3)19-20-17(21)18-15-7-5-4-6-8-15/h4-11H,1-3H3,(H2,18,20,21)/b19-14-. The summed E-state index contributed by atoms with van der Waals surface area (Å²) in [6.45, 7) is 5.96. The van der Waals surface area contributed by atoms with Crippen LogP contribution in [0.1, 0.15) is 23.6 Å². The lowest BCUT2D eigenvalue weighted by molar-refractivity contribution is 0.252. The molecule has 0 atom stereocenters. The van der Waals surface area contributed by atoms with Crippen LogP contribution in [0.3, 0.4) is 0 Å². The van der Waals surface area contributed by atoms with Gasteiger partial charge in [-0.05, 0) is 38.5 Å². The predicted octanol–water partition coefficient (Wildman–Crippen LogP) is 3.85. The lowest BCUT2D eigenvalue weighted by Crippen LogP contribution is -2.25. The van der Waals surface area contributed by atoms with Crippen LogP contribution in [0.25, 0.3) is 0 Å². The zero-order valence-corrected chi connectivity index (χ0v) is 12.5. The van der Waals surface area contributed by atoms with Crippen molar-refractivity contribution in [2.75, 3.05) is 5.32 Å². The Morgan fingerprint density at radius 2 is 1.76 bits per heavy atom. The van der Waals surface area contributed by atoms with Gasteiger partial charge in [0.2, 0.25) is 0 Å². The molecule has 2 aromatic rings. The van der Waals surface area contributed by atoms with Crippen LogP contribution in [-0.2, 0) is 0 Å². The van der Waals surface area contributed by atoms with Crippen molar-refractivity contribution in [3.63, 3.8) is 0 Å². The number of hydrazone groups is 1. The van der Waals surface area contributed by atoms with Crippen molar-refractivity contribution in [3.8, 4) is 0 Å². The summed E-state index contributed by atoms with van der Waals surface area (Å²) < 4.78 is 0. The number of anilines is 1. The molecule has 0 saturated carbocycles. The van der Waals surface area contributed by atoms with Crippen LogP contribution in [0.5, 0.6) is 0 Å².